The SMILES string of the molecule is CO.CO.O=C([O-])Cn1c2ccccc2c(=O)c2ccccc21.O=C([O-])Cn1c2ccccc2c(=O)c2ccccc21.[Ni+2].c1c[nH]cn1.c1c[nH]cn1. The van der Waals surface area contributed by atoms with Crippen LogP contribution in [0.3, 0.4) is 0 Å². The van der Waals surface area contributed by atoms with Crippen molar-refractivity contribution in [1.29, 1.82) is 0 Å². The van der Waals surface area contributed by atoms with Crippen LogP contribution in [0.5, 0.6) is 0 Å². The van der Waals surface area contributed by atoms with Crippen molar-refractivity contribution in [2.24, 2.45) is 0 Å². The summed E-state index contributed by atoms with van der Waals surface area (Å²) in [6.45, 7) is -0.553. The number of aromatic nitrogens is 6. The van der Waals surface area contributed by atoms with Crippen LogP contribution in [-0.2, 0) is 39.2 Å². The van der Waals surface area contributed by atoms with Crippen LogP contribution in [0.15, 0.2) is 144 Å². The number of carbonyl (C=O) groups is 2. The van der Waals surface area contributed by atoms with E-state index in [0.29, 0.717) is 43.6 Å². The second kappa shape index (κ2) is 22.4. The maximum atomic E-state index is 12.3. The second-order valence-electron chi connectivity index (χ2n) is 10.2. The standard InChI is InChI=1S/2C15H11NO3.2C3H4N2.2CH4O.Ni/c2*17-14(18)9-16-12-7-3-1-5-10(12)15(19)11-6-2-4-8-13(11)16;2*1-2-5-3-4-1;2*1-2;/h2*1-8H,9H2,(H,17,18);2*1-3H,(H,4,5);2*2H,1H3;/q;;;;;;+2/p-2. The average molecular weight is 763 g/mol. The summed E-state index contributed by atoms with van der Waals surface area (Å²) in [4.78, 5) is 59.4. The molecule has 0 amide bonds. The normalized spacial score (nSPS) is 9.58. The predicted molar refractivity (Wildman–Crippen MR) is 195 cm³/mol. The summed E-state index contributed by atoms with van der Waals surface area (Å²) >= 11 is 0. The fourth-order valence-electron chi connectivity index (χ4n) is 5.18. The van der Waals surface area contributed by atoms with E-state index in [1.165, 1.54) is 0 Å². The van der Waals surface area contributed by atoms with Crippen LogP contribution in [0.25, 0.3) is 43.6 Å². The molecule has 276 valence electrons. The van der Waals surface area contributed by atoms with Crippen LogP contribution >= 0.6 is 0 Å². The van der Waals surface area contributed by atoms with Crippen LogP contribution in [0.1, 0.15) is 0 Å². The third-order valence-corrected chi connectivity index (χ3v) is 7.14. The van der Waals surface area contributed by atoms with E-state index in [1.54, 1.807) is 144 Å². The largest absolute Gasteiger partial charge is 2.00 e. The minimum absolute atomic E-state index is 0. The van der Waals surface area contributed by atoms with E-state index in [9.17, 15) is 29.4 Å². The van der Waals surface area contributed by atoms with Gasteiger partial charge in [-0.15, -0.1) is 0 Å². The number of H-pyrrole nitrogens is 2. The van der Waals surface area contributed by atoms with Crippen molar-refractivity contribution in [3.63, 3.8) is 0 Å². The van der Waals surface area contributed by atoms with Gasteiger partial charge in [0.2, 0.25) is 0 Å². The van der Waals surface area contributed by atoms with E-state index in [0.717, 1.165) is 14.2 Å². The second-order valence-corrected chi connectivity index (χ2v) is 10.2. The van der Waals surface area contributed by atoms with E-state index < -0.39 is 11.9 Å². The fourth-order valence-corrected chi connectivity index (χ4v) is 5.18. The molecule has 8 rings (SSSR count). The molecule has 0 fully saturated rings. The molecule has 4 N–H and O–H groups in total. The third-order valence-electron chi connectivity index (χ3n) is 7.14. The van der Waals surface area contributed by atoms with Crippen LogP contribution in [0.2, 0.25) is 0 Å². The molecule has 0 saturated carbocycles. The van der Waals surface area contributed by atoms with Gasteiger partial charge in [0.25, 0.3) is 0 Å². The maximum absolute atomic E-state index is 12.3. The van der Waals surface area contributed by atoms with Gasteiger partial charge in [-0.1, -0.05) is 48.5 Å². The Labute approximate surface area is 312 Å². The Bertz CT molecular complexity index is 2100. The molecule has 0 saturated heterocycles. The summed E-state index contributed by atoms with van der Waals surface area (Å²) in [6, 6.07) is 28.0. The Hall–Kier alpha value is -6.41. The molecule has 0 radical (unpaired) electrons. The van der Waals surface area contributed by atoms with E-state index in [2.05, 4.69) is 19.9 Å². The number of para-hydroxylation sites is 4. The number of aliphatic carboxylic acids is 2. The van der Waals surface area contributed by atoms with Gasteiger partial charge in [-0.3, -0.25) is 9.59 Å². The number of imidazole rings is 2. The third kappa shape index (κ3) is 11.3. The first-order valence-electron chi connectivity index (χ1n) is 15.5. The monoisotopic (exact) mass is 762 g/mol. The minimum atomic E-state index is -1.18. The number of aromatic amines is 2. The van der Waals surface area contributed by atoms with E-state index in [4.69, 9.17) is 10.2 Å². The molecule has 0 spiro atoms. The number of aliphatic hydroxyl groups excluding tert-OH is 2. The number of fused-ring (bicyclic) bond motifs is 4. The quantitative estimate of drug-likeness (QED) is 0.150. The molecule has 14 nitrogen and oxygen atoms in total. The Balaban J connectivity index is 0.000000267. The van der Waals surface area contributed by atoms with Crippen LogP contribution < -0.4 is 21.1 Å². The topological polar surface area (TPSA) is 222 Å². The molecule has 0 aliphatic rings. The molecular weight excluding hydrogens is 727 g/mol. The van der Waals surface area contributed by atoms with Gasteiger partial charge in [-0.25, -0.2) is 9.97 Å². The zero-order valence-corrected chi connectivity index (χ0v) is 29.6. The van der Waals surface area contributed by atoms with Gasteiger partial charge in [0.1, 0.15) is 0 Å². The van der Waals surface area contributed by atoms with E-state index in [1.807, 2.05) is 0 Å². The summed E-state index contributed by atoms with van der Waals surface area (Å²) in [5.74, 6) is -2.36. The summed E-state index contributed by atoms with van der Waals surface area (Å²) in [5, 5.41) is 37.9. The van der Waals surface area contributed by atoms with Crippen molar-refractivity contribution < 1.29 is 46.5 Å². The van der Waals surface area contributed by atoms with Gasteiger partial charge in [0.15, 0.2) is 10.9 Å². The van der Waals surface area contributed by atoms with Gasteiger partial charge in [-0.05, 0) is 48.5 Å². The van der Waals surface area contributed by atoms with Crippen molar-refractivity contribution in [3.8, 4) is 0 Å². The average Bonchev–Trinajstić information content (AvgIpc) is 3.98. The number of benzene rings is 4. The Kier molecular flexibility index (Phi) is 18.1. The molecule has 15 heteroatoms. The Morgan fingerprint density at radius 1 is 0.547 bits per heavy atom. The summed E-state index contributed by atoms with van der Waals surface area (Å²) in [7, 11) is 2.00. The minimum Gasteiger partial charge on any atom is -0.548 e. The number of aliphatic hydroxyl groups is 2. The van der Waals surface area contributed by atoms with Gasteiger partial charge in [-0.2, -0.15) is 0 Å². The number of hydrogen-bond donors (Lipinski definition) is 4. The van der Waals surface area contributed by atoms with Crippen molar-refractivity contribution in [2.45, 2.75) is 13.1 Å². The van der Waals surface area contributed by atoms with Crippen molar-refractivity contribution in [1.82, 2.24) is 29.1 Å². The van der Waals surface area contributed by atoms with Crippen molar-refractivity contribution >= 4 is 55.6 Å². The Morgan fingerprint density at radius 2 is 0.811 bits per heavy atom. The number of hydrogen-bond acceptors (Lipinski definition) is 10. The van der Waals surface area contributed by atoms with Crippen LogP contribution in [0.4, 0.5) is 0 Å². The zero-order valence-electron chi connectivity index (χ0n) is 28.6. The number of nitrogens with zero attached hydrogens (tertiary/aromatic N) is 4. The van der Waals surface area contributed by atoms with Gasteiger partial charge < -0.3 is 49.1 Å². The Morgan fingerprint density at radius 3 is 1.00 bits per heavy atom. The van der Waals surface area contributed by atoms with E-state index >= 15 is 0 Å². The molecular formula is C38H36N6NiO8. The van der Waals surface area contributed by atoms with Gasteiger partial charge in [0.05, 0.1) is 59.7 Å². The number of carboxylic acids is 2. The molecule has 0 aliphatic heterocycles. The number of pyridine rings is 2. The number of carbonyl (C=O) groups excluding carboxylic acids is 2. The van der Waals surface area contributed by atoms with Gasteiger partial charge >= 0.3 is 16.5 Å². The first-order valence-corrected chi connectivity index (χ1v) is 15.5. The first kappa shape index (κ1) is 42.8. The molecule has 0 atom stereocenters. The summed E-state index contributed by atoms with van der Waals surface area (Å²) in [6.07, 6.45) is 10.2. The molecule has 53 heavy (non-hydrogen) atoms. The molecule has 0 aliphatic carbocycles. The van der Waals surface area contributed by atoms with Gasteiger partial charge in [0, 0.05) is 60.6 Å². The molecule has 0 bridgehead atoms. The molecule has 4 aromatic carbocycles. The zero-order chi connectivity index (χ0) is 37.9. The molecule has 4 heterocycles. The first-order chi connectivity index (χ1) is 25.4. The smallest absolute Gasteiger partial charge is 0.548 e. The van der Waals surface area contributed by atoms with Crippen molar-refractivity contribution in [2.75, 3.05) is 14.2 Å². The number of carboxylic acid groups (broad SMARTS) is 2. The number of nitrogens with one attached hydrogen (secondary N) is 2. The van der Waals surface area contributed by atoms with Crippen LogP contribution in [-0.4, -0.2) is 65.4 Å². The van der Waals surface area contributed by atoms with Crippen LogP contribution in [0, 0.1) is 0 Å². The van der Waals surface area contributed by atoms with E-state index in [-0.39, 0.29) is 40.4 Å². The fraction of sp³-hybridized carbons (Fsp3) is 0.105. The summed E-state index contributed by atoms with van der Waals surface area (Å²) < 4.78 is 3.20. The maximum Gasteiger partial charge on any atom is 2.00 e. The number of rotatable bonds is 4. The molecule has 4 aromatic heterocycles. The summed E-state index contributed by atoms with van der Waals surface area (Å²) in [5.41, 5.74) is 2.26. The molecule has 0 unspecified atom stereocenters. The predicted octanol–water partition coefficient (Wildman–Crippen LogP) is 1.84. The van der Waals surface area contributed by atoms with Crippen molar-refractivity contribution in [3.05, 3.63) is 155 Å². The molecule has 8 aromatic rings.